The Labute approximate surface area is 155 Å². The zero-order valence-corrected chi connectivity index (χ0v) is 14.8. The number of hydrogen-bond donors (Lipinski definition) is 2. The molecule has 6 heteroatoms. The van der Waals surface area contributed by atoms with Crippen LogP contribution in [0.4, 0.5) is 5.69 Å². The number of benzene rings is 2. The summed E-state index contributed by atoms with van der Waals surface area (Å²) in [6, 6.07) is 13.0. The fraction of sp³-hybridized carbons (Fsp3) is 0.0952. The zero-order valence-electron chi connectivity index (χ0n) is 14.8. The van der Waals surface area contributed by atoms with Crippen molar-refractivity contribution in [2.45, 2.75) is 13.8 Å². The Kier molecular flexibility index (Phi) is 3.98. The van der Waals surface area contributed by atoms with Crippen molar-refractivity contribution in [1.29, 1.82) is 5.26 Å². The number of rotatable bonds is 3. The van der Waals surface area contributed by atoms with Gasteiger partial charge in [0.1, 0.15) is 5.69 Å². The maximum Gasteiger partial charge on any atom is 0.256 e. The summed E-state index contributed by atoms with van der Waals surface area (Å²) in [6.45, 7) is 3.66. The summed E-state index contributed by atoms with van der Waals surface area (Å²) < 4.78 is 5.14. The van der Waals surface area contributed by atoms with Gasteiger partial charge in [-0.25, -0.2) is 0 Å². The number of carbonyl (C=O) groups excluding carboxylic acids is 1. The molecule has 1 amide bonds. The summed E-state index contributed by atoms with van der Waals surface area (Å²) in [4.78, 5) is 12.8. The number of amides is 1. The number of nitriles is 1. The number of carbonyl (C=O) groups is 1. The van der Waals surface area contributed by atoms with Gasteiger partial charge >= 0.3 is 0 Å². The Morgan fingerprint density at radius 2 is 1.96 bits per heavy atom. The van der Waals surface area contributed by atoms with E-state index in [1.165, 1.54) is 0 Å². The molecule has 2 aromatic carbocycles. The zero-order chi connectivity index (χ0) is 19.0. The Bertz CT molecular complexity index is 1170. The van der Waals surface area contributed by atoms with Gasteiger partial charge in [-0.15, -0.1) is 0 Å². The largest absolute Gasteiger partial charge is 0.472 e. The topological polar surface area (TPSA) is 94.7 Å². The first-order chi connectivity index (χ1) is 13.1. The van der Waals surface area contributed by atoms with Gasteiger partial charge in [-0.05, 0) is 61.4 Å². The van der Waals surface area contributed by atoms with Crippen LogP contribution < -0.4 is 5.32 Å². The highest BCUT2D eigenvalue weighted by atomic mass is 16.3. The standard InChI is InChI=1S/C21H16N4O2/c1-12-7-14(10-22)8-13(2)19(12)21(26)23-16-3-4-18-17(9-16)20(25-24-18)15-5-6-27-11-15/h3-9,11H,1-2H3,(H,23,26)(H,24,25). The number of aryl methyl sites for hydroxylation is 2. The van der Waals surface area contributed by atoms with Gasteiger partial charge in [-0.3, -0.25) is 9.89 Å². The van der Waals surface area contributed by atoms with E-state index in [4.69, 9.17) is 9.68 Å². The van der Waals surface area contributed by atoms with Crippen LogP contribution in [-0.2, 0) is 0 Å². The summed E-state index contributed by atoms with van der Waals surface area (Å²) in [6.07, 6.45) is 3.22. The number of aromatic nitrogens is 2. The van der Waals surface area contributed by atoms with Gasteiger partial charge in [-0.1, -0.05) is 0 Å². The number of anilines is 1. The SMILES string of the molecule is Cc1cc(C#N)cc(C)c1C(=O)Nc1ccc2[nH]nc(-c3ccoc3)c2c1. The quantitative estimate of drug-likeness (QED) is 0.562. The van der Waals surface area contributed by atoms with Crippen LogP contribution in [0.2, 0.25) is 0 Å². The second-order valence-corrected chi connectivity index (χ2v) is 6.40. The van der Waals surface area contributed by atoms with Crippen molar-refractivity contribution in [3.63, 3.8) is 0 Å². The molecule has 0 atom stereocenters. The molecule has 0 aliphatic rings. The summed E-state index contributed by atoms with van der Waals surface area (Å²) in [5.41, 5.74) is 5.84. The van der Waals surface area contributed by atoms with E-state index in [0.29, 0.717) is 16.8 Å². The normalized spacial score (nSPS) is 10.7. The lowest BCUT2D eigenvalue weighted by molar-refractivity contribution is 0.102. The fourth-order valence-corrected chi connectivity index (χ4v) is 3.29. The highest BCUT2D eigenvalue weighted by molar-refractivity contribution is 6.07. The van der Waals surface area contributed by atoms with Gasteiger partial charge in [0.05, 0.1) is 29.7 Å². The van der Waals surface area contributed by atoms with Gasteiger partial charge in [0.2, 0.25) is 0 Å². The summed E-state index contributed by atoms with van der Waals surface area (Å²) in [5.74, 6) is -0.206. The van der Waals surface area contributed by atoms with Crippen molar-refractivity contribution >= 4 is 22.5 Å². The Morgan fingerprint density at radius 1 is 1.19 bits per heavy atom. The highest BCUT2D eigenvalue weighted by Crippen LogP contribution is 2.29. The molecule has 0 unspecified atom stereocenters. The van der Waals surface area contributed by atoms with Crippen molar-refractivity contribution in [2.75, 3.05) is 5.32 Å². The summed E-state index contributed by atoms with van der Waals surface area (Å²) >= 11 is 0. The molecular formula is C21H16N4O2. The number of H-pyrrole nitrogens is 1. The molecule has 4 rings (SSSR count). The molecule has 2 heterocycles. The lowest BCUT2D eigenvalue weighted by atomic mass is 9.99. The van der Waals surface area contributed by atoms with Gasteiger partial charge in [0.25, 0.3) is 5.91 Å². The third-order valence-electron chi connectivity index (χ3n) is 4.50. The van der Waals surface area contributed by atoms with Crippen LogP contribution in [0, 0.1) is 25.2 Å². The molecule has 0 spiro atoms. The second kappa shape index (κ2) is 6.46. The molecule has 4 aromatic rings. The fourth-order valence-electron chi connectivity index (χ4n) is 3.29. The van der Waals surface area contributed by atoms with Gasteiger partial charge in [0.15, 0.2) is 0 Å². The van der Waals surface area contributed by atoms with E-state index in [1.54, 1.807) is 24.7 Å². The molecule has 132 valence electrons. The van der Waals surface area contributed by atoms with Gasteiger partial charge in [-0.2, -0.15) is 10.4 Å². The molecule has 27 heavy (non-hydrogen) atoms. The predicted molar refractivity (Wildman–Crippen MR) is 102 cm³/mol. The average molecular weight is 356 g/mol. The second-order valence-electron chi connectivity index (χ2n) is 6.40. The van der Waals surface area contributed by atoms with Crippen LogP contribution >= 0.6 is 0 Å². The van der Waals surface area contributed by atoms with Crippen molar-refractivity contribution in [1.82, 2.24) is 10.2 Å². The van der Waals surface area contributed by atoms with Crippen LogP contribution in [0.25, 0.3) is 22.2 Å². The molecule has 0 radical (unpaired) electrons. The predicted octanol–water partition coefficient (Wildman–Crippen LogP) is 4.56. The van der Waals surface area contributed by atoms with E-state index in [9.17, 15) is 4.79 Å². The lowest BCUT2D eigenvalue weighted by Gasteiger charge is -2.11. The molecule has 0 fully saturated rings. The number of hydrogen-bond acceptors (Lipinski definition) is 4. The number of furan rings is 1. The Hall–Kier alpha value is -3.85. The maximum atomic E-state index is 12.8. The molecule has 0 bridgehead atoms. The molecule has 2 aromatic heterocycles. The monoisotopic (exact) mass is 356 g/mol. The van der Waals surface area contributed by atoms with Crippen molar-refractivity contribution in [3.05, 3.63) is 71.2 Å². The first-order valence-corrected chi connectivity index (χ1v) is 8.40. The van der Waals surface area contributed by atoms with Gasteiger partial charge in [0, 0.05) is 22.2 Å². The summed E-state index contributed by atoms with van der Waals surface area (Å²) in [5, 5.41) is 20.2. The molecular weight excluding hydrogens is 340 g/mol. The van der Waals surface area contributed by atoms with E-state index >= 15 is 0 Å². The van der Waals surface area contributed by atoms with E-state index in [2.05, 4.69) is 21.6 Å². The van der Waals surface area contributed by atoms with Crippen molar-refractivity contribution < 1.29 is 9.21 Å². The summed E-state index contributed by atoms with van der Waals surface area (Å²) in [7, 11) is 0. The minimum absolute atomic E-state index is 0.206. The van der Waals surface area contributed by atoms with Crippen LogP contribution in [0.5, 0.6) is 0 Å². The number of aromatic amines is 1. The third kappa shape index (κ3) is 2.96. The Balaban J connectivity index is 1.69. The first kappa shape index (κ1) is 16.6. The maximum absolute atomic E-state index is 12.8. The van der Waals surface area contributed by atoms with E-state index in [0.717, 1.165) is 33.3 Å². The minimum atomic E-state index is -0.206. The molecule has 2 N–H and O–H groups in total. The third-order valence-corrected chi connectivity index (χ3v) is 4.50. The average Bonchev–Trinajstić information content (AvgIpc) is 3.29. The van der Waals surface area contributed by atoms with E-state index < -0.39 is 0 Å². The molecule has 0 aliphatic carbocycles. The van der Waals surface area contributed by atoms with Crippen LogP contribution in [0.15, 0.2) is 53.3 Å². The first-order valence-electron chi connectivity index (χ1n) is 8.40. The van der Waals surface area contributed by atoms with E-state index in [-0.39, 0.29) is 5.91 Å². The number of fused-ring (bicyclic) bond motifs is 1. The molecule has 0 saturated carbocycles. The molecule has 6 nitrogen and oxygen atoms in total. The Morgan fingerprint density at radius 3 is 2.63 bits per heavy atom. The highest BCUT2D eigenvalue weighted by Gasteiger charge is 2.15. The van der Waals surface area contributed by atoms with Crippen molar-refractivity contribution in [3.8, 4) is 17.3 Å². The van der Waals surface area contributed by atoms with Gasteiger partial charge < -0.3 is 9.73 Å². The van der Waals surface area contributed by atoms with Crippen LogP contribution in [-0.4, -0.2) is 16.1 Å². The van der Waals surface area contributed by atoms with Crippen LogP contribution in [0.1, 0.15) is 27.0 Å². The molecule has 0 aliphatic heterocycles. The minimum Gasteiger partial charge on any atom is -0.472 e. The number of nitrogens with zero attached hydrogens (tertiary/aromatic N) is 2. The lowest BCUT2D eigenvalue weighted by Crippen LogP contribution is -2.15. The smallest absolute Gasteiger partial charge is 0.256 e. The number of nitrogens with one attached hydrogen (secondary N) is 2. The molecule has 0 saturated heterocycles. The van der Waals surface area contributed by atoms with Crippen molar-refractivity contribution in [2.24, 2.45) is 0 Å². The van der Waals surface area contributed by atoms with E-state index in [1.807, 2.05) is 38.1 Å². The van der Waals surface area contributed by atoms with Crippen LogP contribution in [0.3, 0.4) is 0 Å².